The largest absolute Gasteiger partial charge is 0.386 e. The highest BCUT2D eigenvalue weighted by molar-refractivity contribution is 5.92. The molecule has 0 bridgehead atoms. The molecule has 2 N–H and O–H groups in total. The lowest BCUT2D eigenvalue weighted by molar-refractivity contribution is 0.0253. The lowest BCUT2D eigenvalue weighted by Gasteiger charge is -2.39. The Morgan fingerprint density at radius 3 is 2.96 bits per heavy atom. The number of aromatic nitrogens is 3. The smallest absolute Gasteiger partial charge is 0.270 e. The summed E-state index contributed by atoms with van der Waals surface area (Å²) in [4.78, 5) is 26.2. The van der Waals surface area contributed by atoms with Gasteiger partial charge in [0.05, 0.1) is 11.8 Å². The number of anilines is 1. The quantitative estimate of drug-likeness (QED) is 0.862. The molecule has 3 rings (SSSR count). The predicted octanol–water partition coefficient (Wildman–Crippen LogP) is 1.08. The van der Waals surface area contributed by atoms with Gasteiger partial charge in [0.15, 0.2) is 0 Å². The van der Waals surface area contributed by atoms with Gasteiger partial charge in [-0.2, -0.15) is 0 Å². The van der Waals surface area contributed by atoms with E-state index >= 15 is 0 Å². The normalized spacial score (nSPS) is 20.4. The molecule has 0 saturated carbocycles. The third-order valence-corrected chi connectivity index (χ3v) is 4.18. The molecule has 1 atom stereocenters. The maximum Gasteiger partial charge on any atom is 0.270 e. The highest BCUT2D eigenvalue weighted by atomic mass is 19.1. The van der Waals surface area contributed by atoms with E-state index in [1.165, 1.54) is 18.3 Å². The predicted molar refractivity (Wildman–Crippen MR) is 89.7 cm³/mol. The van der Waals surface area contributed by atoms with Crippen LogP contribution in [0.15, 0.2) is 30.6 Å². The molecule has 2 aromatic rings. The first-order chi connectivity index (χ1) is 12.0. The summed E-state index contributed by atoms with van der Waals surface area (Å²) < 4.78 is 13.0. The molecule has 25 heavy (non-hydrogen) atoms. The Morgan fingerprint density at radius 1 is 1.40 bits per heavy atom. The van der Waals surface area contributed by atoms with Gasteiger partial charge in [0.2, 0.25) is 0 Å². The van der Waals surface area contributed by atoms with Crippen molar-refractivity contribution in [2.45, 2.75) is 25.4 Å². The van der Waals surface area contributed by atoms with E-state index in [9.17, 15) is 14.3 Å². The van der Waals surface area contributed by atoms with Gasteiger partial charge in [-0.05, 0) is 38.0 Å². The van der Waals surface area contributed by atoms with Crippen molar-refractivity contribution in [2.24, 2.45) is 0 Å². The number of piperidine rings is 1. The Labute approximate surface area is 144 Å². The maximum absolute atomic E-state index is 13.0. The average molecular weight is 345 g/mol. The van der Waals surface area contributed by atoms with E-state index in [2.05, 4.69) is 20.3 Å². The minimum absolute atomic E-state index is 0.104. The molecule has 1 fully saturated rings. The van der Waals surface area contributed by atoms with Crippen LogP contribution in [0.2, 0.25) is 0 Å². The van der Waals surface area contributed by atoms with Crippen LogP contribution in [0, 0.1) is 12.7 Å². The molecule has 1 aliphatic heterocycles. The summed E-state index contributed by atoms with van der Waals surface area (Å²) in [6.07, 6.45) is 3.99. The number of carbonyl (C=O) groups is 1. The lowest BCUT2D eigenvalue weighted by atomic mass is 9.92. The number of β-amino-alcohol motifs (C(OH)–C–C–N with tert-alkyl or cyclic N) is 1. The molecule has 1 unspecified atom stereocenters. The van der Waals surface area contributed by atoms with Gasteiger partial charge in [-0.3, -0.25) is 4.79 Å². The van der Waals surface area contributed by atoms with Crippen LogP contribution in [-0.2, 0) is 0 Å². The van der Waals surface area contributed by atoms with Crippen molar-refractivity contribution in [3.8, 4) is 0 Å². The number of rotatable bonds is 4. The molecular weight excluding hydrogens is 325 g/mol. The number of aliphatic hydroxyl groups is 1. The molecule has 1 aliphatic rings. The Morgan fingerprint density at radius 2 is 2.24 bits per heavy atom. The van der Waals surface area contributed by atoms with Crippen LogP contribution >= 0.6 is 0 Å². The van der Waals surface area contributed by atoms with Gasteiger partial charge in [0.1, 0.15) is 23.2 Å². The monoisotopic (exact) mass is 345 g/mol. The van der Waals surface area contributed by atoms with E-state index in [0.717, 1.165) is 19.2 Å². The minimum Gasteiger partial charge on any atom is -0.386 e. The topological polar surface area (TPSA) is 91.2 Å². The second kappa shape index (κ2) is 7.10. The van der Waals surface area contributed by atoms with Gasteiger partial charge in [0, 0.05) is 25.8 Å². The number of halogens is 1. The van der Waals surface area contributed by atoms with E-state index in [4.69, 9.17) is 0 Å². The van der Waals surface area contributed by atoms with Crippen LogP contribution in [0.4, 0.5) is 10.2 Å². The Kier molecular flexibility index (Phi) is 4.89. The summed E-state index contributed by atoms with van der Waals surface area (Å²) in [6.45, 7) is 2.85. The molecular formula is C17H20FN5O2. The molecule has 132 valence electrons. The highest BCUT2D eigenvalue weighted by Gasteiger charge is 2.34. The standard InChI is InChI=1S/C17H20FN5O2/c1-12-19-7-5-14(22-12)16(24)21-10-17(25)6-2-8-23(11-17)15-4-3-13(18)9-20-15/h3-5,7,9,25H,2,6,8,10-11H2,1H3,(H,21,24). The Bertz CT molecular complexity index is 755. The molecule has 0 spiro atoms. The molecule has 0 aromatic carbocycles. The Balaban J connectivity index is 1.63. The van der Waals surface area contributed by atoms with Gasteiger partial charge >= 0.3 is 0 Å². The van der Waals surface area contributed by atoms with Crippen LogP contribution in [0.1, 0.15) is 29.2 Å². The van der Waals surface area contributed by atoms with Crippen LogP contribution in [0.3, 0.4) is 0 Å². The number of aryl methyl sites for hydroxylation is 1. The molecule has 0 aliphatic carbocycles. The second-order valence-electron chi connectivity index (χ2n) is 6.26. The summed E-state index contributed by atoms with van der Waals surface area (Å²) >= 11 is 0. The third kappa shape index (κ3) is 4.27. The lowest BCUT2D eigenvalue weighted by Crippen LogP contribution is -2.54. The maximum atomic E-state index is 13.0. The second-order valence-corrected chi connectivity index (χ2v) is 6.26. The summed E-state index contributed by atoms with van der Waals surface area (Å²) in [5.41, 5.74) is -0.810. The summed E-state index contributed by atoms with van der Waals surface area (Å²) in [5, 5.41) is 13.5. The van der Waals surface area contributed by atoms with E-state index in [-0.39, 0.29) is 18.1 Å². The van der Waals surface area contributed by atoms with Gasteiger partial charge in [0.25, 0.3) is 5.91 Å². The van der Waals surface area contributed by atoms with Crippen molar-refractivity contribution >= 4 is 11.7 Å². The van der Waals surface area contributed by atoms with Crippen LogP contribution < -0.4 is 10.2 Å². The highest BCUT2D eigenvalue weighted by Crippen LogP contribution is 2.24. The molecule has 3 heterocycles. The molecule has 7 nitrogen and oxygen atoms in total. The summed E-state index contributed by atoms with van der Waals surface area (Å²) in [7, 11) is 0. The fourth-order valence-corrected chi connectivity index (χ4v) is 2.93. The number of hydrogen-bond donors (Lipinski definition) is 2. The van der Waals surface area contributed by atoms with Crippen molar-refractivity contribution < 1.29 is 14.3 Å². The average Bonchev–Trinajstić information content (AvgIpc) is 2.60. The Hall–Kier alpha value is -2.61. The SMILES string of the molecule is Cc1nccc(C(=O)NCC2(O)CCCN(c3ccc(F)cn3)C2)n1. The van der Waals surface area contributed by atoms with Crippen LogP contribution in [0.25, 0.3) is 0 Å². The molecule has 1 saturated heterocycles. The summed E-state index contributed by atoms with van der Waals surface area (Å²) in [6, 6.07) is 4.46. The number of nitrogens with zero attached hydrogens (tertiary/aromatic N) is 4. The fraction of sp³-hybridized carbons (Fsp3) is 0.412. The van der Waals surface area contributed by atoms with Crippen LogP contribution in [0.5, 0.6) is 0 Å². The van der Waals surface area contributed by atoms with E-state index in [0.29, 0.717) is 24.6 Å². The van der Waals surface area contributed by atoms with Crippen LogP contribution in [-0.4, -0.2) is 51.2 Å². The molecule has 2 aromatic heterocycles. The number of amides is 1. The first-order valence-electron chi connectivity index (χ1n) is 8.12. The number of nitrogens with one attached hydrogen (secondary N) is 1. The van der Waals surface area contributed by atoms with Crippen molar-refractivity contribution in [3.05, 3.63) is 47.9 Å². The summed E-state index contributed by atoms with van der Waals surface area (Å²) in [5.74, 6) is 0.370. The van der Waals surface area contributed by atoms with Gasteiger partial charge < -0.3 is 15.3 Å². The first-order valence-corrected chi connectivity index (χ1v) is 8.12. The molecule has 1 amide bonds. The van der Waals surface area contributed by atoms with E-state index < -0.39 is 11.4 Å². The van der Waals surface area contributed by atoms with Crippen molar-refractivity contribution in [1.29, 1.82) is 0 Å². The number of carbonyl (C=O) groups excluding carboxylic acids is 1. The zero-order valence-corrected chi connectivity index (χ0v) is 13.9. The van der Waals surface area contributed by atoms with Gasteiger partial charge in [-0.1, -0.05) is 0 Å². The molecule has 8 heteroatoms. The van der Waals surface area contributed by atoms with Crippen molar-refractivity contribution in [3.63, 3.8) is 0 Å². The fourth-order valence-electron chi connectivity index (χ4n) is 2.93. The number of pyridine rings is 1. The molecule has 0 radical (unpaired) electrons. The zero-order valence-electron chi connectivity index (χ0n) is 13.9. The van der Waals surface area contributed by atoms with Gasteiger partial charge in [-0.25, -0.2) is 19.3 Å². The number of hydrogen-bond acceptors (Lipinski definition) is 6. The van der Waals surface area contributed by atoms with Gasteiger partial charge in [-0.15, -0.1) is 0 Å². The first kappa shape index (κ1) is 17.2. The zero-order chi connectivity index (χ0) is 17.9. The van der Waals surface area contributed by atoms with E-state index in [1.807, 2.05) is 4.90 Å². The third-order valence-electron chi connectivity index (χ3n) is 4.18. The minimum atomic E-state index is -1.08. The van der Waals surface area contributed by atoms with Crippen molar-refractivity contribution in [2.75, 3.05) is 24.5 Å². The van der Waals surface area contributed by atoms with E-state index in [1.54, 1.807) is 13.0 Å². The van der Waals surface area contributed by atoms with Crippen molar-refractivity contribution in [1.82, 2.24) is 20.3 Å².